The third-order valence-electron chi connectivity index (χ3n) is 7.57. The van der Waals surface area contributed by atoms with Crippen LogP contribution in [0.15, 0.2) is 34.1 Å². The summed E-state index contributed by atoms with van der Waals surface area (Å²) in [6.07, 6.45) is -9.70. The van der Waals surface area contributed by atoms with Crippen LogP contribution in [0.5, 0.6) is 0 Å². The summed E-state index contributed by atoms with van der Waals surface area (Å²) in [5.41, 5.74) is 1.51. The summed E-state index contributed by atoms with van der Waals surface area (Å²) < 4.78 is 45.1. The third-order valence-corrected chi connectivity index (χ3v) is 7.57. The zero-order valence-electron chi connectivity index (χ0n) is 29.0. The fourth-order valence-electron chi connectivity index (χ4n) is 5.47. The molecule has 2 aromatic rings. The van der Waals surface area contributed by atoms with Crippen molar-refractivity contribution in [3.63, 3.8) is 0 Å². The van der Waals surface area contributed by atoms with Crippen molar-refractivity contribution in [1.29, 1.82) is 0 Å². The lowest BCUT2D eigenvalue weighted by Gasteiger charge is -2.24. The number of nitrogens with zero attached hydrogens (tertiary/aromatic N) is 4. The van der Waals surface area contributed by atoms with Gasteiger partial charge in [0.15, 0.2) is 48.5 Å². The van der Waals surface area contributed by atoms with Gasteiger partial charge in [0.05, 0.1) is 12.8 Å². The van der Waals surface area contributed by atoms with Crippen LogP contribution in [0.4, 0.5) is 11.6 Å². The van der Waals surface area contributed by atoms with Gasteiger partial charge in [0.25, 0.3) is 0 Å². The maximum Gasteiger partial charge on any atom is 0.351 e. The topological polar surface area (TPSA) is 311 Å². The molecular formula is C30H36N6O18. The summed E-state index contributed by atoms with van der Waals surface area (Å²) in [6, 6.07) is 2.39. The average molecular weight is 769 g/mol. The molecule has 24 heteroatoms. The molecule has 2 aliphatic rings. The molecule has 4 N–H and O–H groups in total. The summed E-state index contributed by atoms with van der Waals surface area (Å²) in [7, 11) is 0. The number of rotatable bonds is 15. The van der Waals surface area contributed by atoms with Crippen LogP contribution < -0.4 is 22.3 Å². The van der Waals surface area contributed by atoms with E-state index in [0.717, 1.165) is 49.2 Å². The van der Waals surface area contributed by atoms with Crippen molar-refractivity contribution < 1.29 is 77.1 Å². The maximum absolute atomic E-state index is 12.7. The summed E-state index contributed by atoms with van der Waals surface area (Å²) in [5, 5.41) is 18.1. The molecule has 0 saturated carbocycles. The molecule has 2 fully saturated rings. The Balaban J connectivity index is 1.39. The summed E-state index contributed by atoms with van der Waals surface area (Å²) in [4.78, 5) is 105. The van der Waals surface area contributed by atoms with E-state index in [1.807, 2.05) is 0 Å². The van der Waals surface area contributed by atoms with Crippen LogP contribution in [0, 0.1) is 0 Å². The Bertz CT molecular complexity index is 1720. The number of carbonyl (C=O) groups excluding carboxylic acids is 6. The molecule has 2 saturated heterocycles. The Morgan fingerprint density at radius 1 is 0.630 bits per heavy atom. The van der Waals surface area contributed by atoms with Crippen LogP contribution >= 0.6 is 0 Å². The van der Waals surface area contributed by atoms with Crippen molar-refractivity contribution in [1.82, 2.24) is 19.1 Å². The lowest BCUT2D eigenvalue weighted by atomic mass is 10.1. The van der Waals surface area contributed by atoms with Crippen LogP contribution in [0.3, 0.4) is 0 Å². The van der Waals surface area contributed by atoms with Crippen molar-refractivity contribution >= 4 is 47.5 Å². The number of carbonyl (C=O) groups is 6. The van der Waals surface area contributed by atoms with Crippen molar-refractivity contribution in [2.75, 3.05) is 24.2 Å². The zero-order chi connectivity index (χ0) is 39.7. The second kappa shape index (κ2) is 18.2. The Hall–Kier alpha value is -5.98. The van der Waals surface area contributed by atoms with E-state index in [2.05, 4.69) is 9.97 Å². The number of ether oxygens (including phenoxy) is 8. The van der Waals surface area contributed by atoms with Gasteiger partial charge in [-0.1, -0.05) is 0 Å². The largest absolute Gasteiger partial charge is 0.463 e. The minimum Gasteiger partial charge on any atom is -0.463 e. The Morgan fingerprint density at radius 3 is 1.26 bits per heavy atom. The Kier molecular flexibility index (Phi) is 13.7. The van der Waals surface area contributed by atoms with Gasteiger partial charge in [0, 0.05) is 40.1 Å². The molecule has 4 rings (SSSR count). The lowest BCUT2D eigenvalue weighted by Crippen LogP contribution is -2.42. The molecule has 24 nitrogen and oxygen atoms in total. The molecule has 4 heterocycles. The van der Waals surface area contributed by atoms with E-state index in [1.165, 1.54) is 12.1 Å². The number of esters is 6. The molecule has 0 aromatic carbocycles. The number of anilines is 2. The molecule has 0 unspecified atom stereocenters. The second-order valence-corrected chi connectivity index (χ2v) is 11.5. The van der Waals surface area contributed by atoms with E-state index in [4.69, 9.17) is 48.3 Å². The quantitative estimate of drug-likeness (QED) is 0.0909. The highest BCUT2D eigenvalue weighted by atomic mass is 16.7. The fraction of sp³-hybridized carbons (Fsp3) is 0.533. The van der Waals surface area contributed by atoms with Crippen LogP contribution in [-0.4, -0.2) is 115 Å². The van der Waals surface area contributed by atoms with Gasteiger partial charge in [-0.05, 0) is 12.1 Å². The summed E-state index contributed by atoms with van der Waals surface area (Å²) in [5.74, 6) is -5.58. The predicted molar refractivity (Wildman–Crippen MR) is 169 cm³/mol. The van der Waals surface area contributed by atoms with E-state index in [1.54, 1.807) is 11.0 Å². The molecule has 8 atom stereocenters. The highest BCUT2D eigenvalue weighted by Gasteiger charge is 2.52. The Morgan fingerprint density at radius 2 is 0.963 bits per heavy atom. The molecule has 0 amide bonds. The molecule has 0 bridgehead atoms. The standard InChI is InChI=1S/C30H36N6O18/c1-13(37)49-23-17(53-27(25(23)51-15(3)39)35-9-7-19(33-45)31-29(35)43)11-47-21(41)5-6-22(42)48-12-18-24(50-14(2)38)26(52-16(4)40)28(54-18)36-10-8-20(34-46)32-30(36)44/h7-10,17-18,23-28,45-46H,5-6,11-12H2,1-4H3,(H,31,33,43)(H,32,34,44)/t17-,18-,23-,24-,25-,26-,27-,28-/m1/s1. The molecule has 2 aliphatic heterocycles. The first-order chi connectivity index (χ1) is 25.6. The first kappa shape index (κ1) is 40.8. The molecule has 0 aliphatic carbocycles. The normalized spacial score (nSPS) is 24.5. The van der Waals surface area contributed by atoms with Gasteiger partial charge in [-0.15, -0.1) is 0 Å². The van der Waals surface area contributed by atoms with E-state index in [9.17, 15) is 38.4 Å². The van der Waals surface area contributed by atoms with Gasteiger partial charge in [0.2, 0.25) is 0 Å². The SMILES string of the molecule is CC(=O)O[C@@H]1[C@H](OC(C)=O)[C@@H](COC(=O)CCC(=O)OC[C@H]2O[C@@H](n3ccc(NO)nc3=O)[C@H](OC(C)=O)[C@@H]2OC(C)=O)O[C@H]1n1ccc(NO)nc1=O. The highest BCUT2D eigenvalue weighted by Crippen LogP contribution is 2.35. The van der Waals surface area contributed by atoms with Gasteiger partial charge in [0.1, 0.15) is 25.4 Å². The third kappa shape index (κ3) is 10.3. The van der Waals surface area contributed by atoms with Gasteiger partial charge < -0.3 is 37.9 Å². The number of hydrogen-bond acceptors (Lipinski definition) is 22. The van der Waals surface area contributed by atoms with Crippen LogP contribution in [-0.2, 0) is 66.7 Å². The van der Waals surface area contributed by atoms with Gasteiger partial charge in [-0.3, -0.25) is 59.3 Å². The number of nitrogens with one attached hydrogen (secondary N) is 2. The van der Waals surface area contributed by atoms with Crippen molar-refractivity contribution in [3.05, 3.63) is 45.5 Å². The molecule has 54 heavy (non-hydrogen) atoms. The Labute approximate surface area is 303 Å². The van der Waals surface area contributed by atoms with E-state index in [-0.39, 0.29) is 11.6 Å². The lowest BCUT2D eigenvalue weighted by molar-refractivity contribution is -0.167. The average Bonchev–Trinajstić information content (AvgIpc) is 3.60. The van der Waals surface area contributed by atoms with Crippen molar-refractivity contribution in [3.8, 4) is 0 Å². The molecule has 294 valence electrons. The fourth-order valence-corrected chi connectivity index (χ4v) is 5.47. The highest BCUT2D eigenvalue weighted by molar-refractivity contribution is 5.77. The van der Waals surface area contributed by atoms with Crippen molar-refractivity contribution in [2.24, 2.45) is 0 Å². The van der Waals surface area contributed by atoms with Crippen LogP contribution in [0.1, 0.15) is 53.0 Å². The monoisotopic (exact) mass is 768 g/mol. The minimum atomic E-state index is -1.41. The summed E-state index contributed by atoms with van der Waals surface area (Å²) >= 11 is 0. The first-order valence-corrected chi connectivity index (χ1v) is 15.9. The van der Waals surface area contributed by atoms with E-state index in [0.29, 0.717) is 0 Å². The van der Waals surface area contributed by atoms with Crippen LogP contribution in [0.2, 0.25) is 0 Å². The van der Waals surface area contributed by atoms with E-state index < -0.39 is 122 Å². The first-order valence-electron chi connectivity index (χ1n) is 15.9. The van der Waals surface area contributed by atoms with Crippen molar-refractivity contribution in [2.45, 2.75) is 89.6 Å². The number of hydrogen-bond donors (Lipinski definition) is 4. The molecular weight excluding hydrogens is 732 g/mol. The predicted octanol–water partition coefficient (Wildman–Crippen LogP) is -1.51. The number of aromatic nitrogens is 4. The molecule has 2 aromatic heterocycles. The van der Waals surface area contributed by atoms with Gasteiger partial charge >= 0.3 is 47.2 Å². The molecule has 0 radical (unpaired) electrons. The maximum atomic E-state index is 12.7. The van der Waals surface area contributed by atoms with E-state index >= 15 is 0 Å². The second-order valence-electron chi connectivity index (χ2n) is 11.5. The zero-order valence-corrected chi connectivity index (χ0v) is 29.0. The minimum absolute atomic E-state index is 0.202. The summed E-state index contributed by atoms with van der Waals surface area (Å²) in [6.45, 7) is 3.06. The molecule has 0 spiro atoms. The van der Waals surface area contributed by atoms with Gasteiger partial charge in [-0.2, -0.15) is 9.97 Å². The smallest absolute Gasteiger partial charge is 0.351 e. The van der Waals surface area contributed by atoms with Crippen LogP contribution in [0.25, 0.3) is 0 Å². The van der Waals surface area contributed by atoms with Gasteiger partial charge in [-0.25, -0.2) is 9.59 Å².